The fourth-order valence-corrected chi connectivity index (χ4v) is 4.24. The van der Waals surface area contributed by atoms with Gasteiger partial charge in [0.2, 0.25) is 0 Å². The molecule has 30 heavy (non-hydrogen) atoms. The number of nitrogens with zero attached hydrogens (tertiary/aromatic N) is 3. The number of carbonyl (C=O) groups is 3. The molecule has 1 atom stereocenters. The van der Waals surface area contributed by atoms with Crippen LogP contribution in [0.4, 0.5) is 5.69 Å². The van der Waals surface area contributed by atoms with Gasteiger partial charge in [0.15, 0.2) is 11.6 Å². The molecule has 4 rings (SSSR count). The van der Waals surface area contributed by atoms with E-state index in [4.69, 9.17) is 11.6 Å². The lowest BCUT2D eigenvalue weighted by Crippen LogP contribution is -2.53. The van der Waals surface area contributed by atoms with Crippen molar-refractivity contribution in [3.05, 3.63) is 64.7 Å². The fourth-order valence-electron chi connectivity index (χ4n) is 4.12. The van der Waals surface area contributed by atoms with Crippen molar-refractivity contribution in [1.29, 1.82) is 0 Å². The van der Waals surface area contributed by atoms with E-state index in [0.29, 0.717) is 22.7 Å². The summed E-state index contributed by atoms with van der Waals surface area (Å²) in [5.41, 5.74) is 2.34. The number of halogens is 1. The molecule has 156 valence electrons. The van der Waals surface area contributed by atoms with E-state index in [-0.39, 0.29) is 30.1 Å². The second-order valence-corrected chi connectivity index (χ2v) is 8.24. The van der Waals surface area contributed by atoms with Gasteiger partial charge < -0.3 is 9.80 Å². The highest BCUT2D eigenvalue weighted by Gasteiger charge is 2.38. The van der Waals surface area contributed by atoms with E-state index in [1.807, 2.05) is 24.3 Å². The average Bonchev–Trinajstić information content (AvgIpc) is 3.15. The molecule has 7 heteroatoms. The predicted molar refractivity (Wildman–Crippen MR) is 116 cm³/mol. The number of amides is 1. The number of piperazine rings is 1. The lowest BCUT2D eigenvalue weighted by molar-refractivity contribution is -0.121. The summed E-state index contributed by atoms with van der Waals surface area (Å²) >= 11 is 5.90. The molecule has 2 aliphatic heterocycles. The normalized spacial score (nSPS) is 19.9. The molecule has 0 bridgehead atoms. The summed E-state index contributed by atoms with van der Waals surface area (Å²) in [4.78, 5) is 42.9. The largest absolute Gasteiger partial charge is 0.369 e. The second-order valence-electron chi connectivity index (χ2n) is 7.80. The highest BCUT2D eigenvalue weighted by Crippen LogP contribution is 2.22. The van der Waals surface area contributed by atoms with Gasteiger partial charge in [0.05, 0.1) is 12.6 Å². The molecule has 1 amide bonds. The van der Waals surface area contributed by atoms with E-state index in [2.05, 4.69) is 9.80 Å². The van der Waals surface area contributed by atoms with Gasteiger partial charge >= 0.3 is 0 Å². The van der Waals surface area contributed by atoms with E-state index >= 15 is 0 Å². The Morgan fingerprint density at radius 3 is 2.10 bits per heavy atom. The summed E-state index contributed by atoms with van der Waals surface area (Å²) < 4.78 is 0. The minimum Gasteiger partial charge on any atom is -0.369 e. The van der Waals surface area contributed by atoms with Gasteiger partial charge in [-0.25, -0.2) is 0 Å². The highest BCUT2D eigenvalue weighted by atomic mass is 35.5. The van der Waals surface area contributed by atoms with E-state index in [1.54, 1.807) is 36.1 Å². The number of carbonyl (C=O) groups excluding carboxylic acids is 3. The first-order valence-electron chi connectivity index (χ1n) is 10.1. The van der Waals surface area contributed by atoms with E-state index in [9.17, 15) is 14.4 Å². The standard InChI is InChI=1S/C23H24ClN3O3/c1-16(28)17-4-8-20(9-5-17)25-10-12-26(13-11-25)21-14-27(15-22(21)29)23(30)18-2-6-19(24)7-3-18/h2-9,21H,10-15H2,1H3. The Balaban J connectivity index is 1.35. The number of Topliss-reactive ketones (excluding diaryl/α,β-unsaturated/α-hetero) is 2. The van der Waals surface area contributed by atoms with Crippen LogP contribution in [0.5, 0.6) is 0 Å². The zero-order chi connectivity index (χ0) is 21.3. The summed E-state index contributed by atoms with van der Waals surface area (Å²) in [6.45, 7) is 5.25. The van der Waals surface area contributed by atoms with Crippen molar-refractivity contribution in [2.45, 2.75) is 13.0 Å². The van der Waals surface area contributed by atoms with Crippen molar-refractivity contribution in [3.63, 3.8) is 0 Å². The lowest BCUT2D eigenvalue weighted by atomic mass is 10.1. The maximum Gasteiger partial charge on any atom is 0.254 e. The van der Waals surface area contributed by atoms with Gasteiger partial charge in [-0.3, -0.25) is 19.3 Å². The van der Waals surface area contributed by atoms with Crippen LogP contribution in [-0.2, 0) is 4.79 Å². The molecule has 6 nitrogen and oxygen atoms in total. The Hall–Kier alpha value is -2.70. The summed E-state index contributed by atoms with van der Waals surface area (Å²) in [7, 11) is 0. The molecule has 0 spiro atoms. The zero-order valence-corrected chi connectivity index (χ0v) is 17.6. The monoisotopic (exact) mass is 425 g/mol. The van der Waals surface area contributed by atoms with E-state index in [0.717, 1.165) is 31.9 Å². The van der Waals surface area contributed by atoms with Gasteiger partial charge in [0.1, 0.15) is 0 Å². The molecule has 0 aliphatic carbocycles. The molecule has 2 aromatic carbocycles. The quantitative estimate of drug-likeness (QED) is 0.705. The van der Waals surface area contributed by atoms with Crippen LogP contribution in [0.1, 0.15) is 27.6 Å². The number of ketones is 2. The third-order valence-corrected chi connectivity index (χ3v) is 6.14. The Labute approximate surface area is 181 Å². The minimum atomic E-state index is -0.247. The number of likely N-dealkylation sites (tertiary alicyclic amines) is 1. The minimum absolute atomic E-state index is 0.0591. The summed E-state index contributed by atoms with van der Waals surface area (Å²) in [6, 6.07) is 14.2. The Bertz CT molecular complexity index is 951. The first-order chi connectivity index (χ1) is 14.4. The lowest BCUT2D eigenvalue weighted by Gasteiger charge is -2.38. The molecule has 2 aromatic rings. The molecule has 0 radical (unpaired) electrons. The number of benzene rings is 2. The predicted octanol–water partition coefficient (Wildman–Crippen LogP) is 2.76. The molecule has 2 fully saturated rings. The fraction of sp³-hybridized carbons (Fsp3) is 0.348. The number of hydrogen-bond donors (Lipinski definition) is 0. The molecule has 2 aliphatic rings. The first-order valence-corrected chi connectivity index (χ1v) is 10.5. The van der Waals surface area contributed by atoms with Crippen molar-refractivity contribution in [1.82, 2.24) is 9.80 Å². The Kier molecular flexibility index (Phi) is 5.88. The SMILES string of the molecule is CC(=O)c1ccc(N2CCN(C3CN(C(=O)c4ccc(Cl)cc4)CC3=O)CC2)cc1. The van der Waals surface area contributed by atoms with Gasteiger partial charge in [0.25, 0.3) is 5.91 Å². The molecule has 0 saturated carbocycles. The Morgan fingerprint density at radius 1 is 0.900 bits per heavy atom. The van der Waals surface area contributed by atoms with Crippen LogP contribution in [0.2, 0.25) is 5.02 Å². The summed E-state index contributed by atoms with van der Waals surface area (Å²) in [6.07, 6.45) is 0. The maximum absolute atomic E-state index is 12.7. The van der Waals surface area contributed by atoms with Crippen LogP contribution < -0.4 is 4.90 Å². The molecule has 1 unspecified atom stereocenters. The van der Waals surface area contributed by atoms with Crippen molar-refractivity contribution in [3.8, 4) is 0 Å². The number of rotatable bonds is 4. The summed E-state index contributed by atoms with van der Waals surface area (Å²) in [5, 5.41) is 0.579. The third-order valence-electron chi connectivity index (χ3n) is 5.88. The first kappa shape index (κ1) is 20.6. The van der Waals surface area contributed by atoms with Gasteiger partial charge in [-0.2, -0.15) is 0 Å². The zero-order valence-electron chi connectivity index (χ0n) is 16.9. The number of hydrogen-bond acceptors (Lipinski definition) is 5. The van der Waals surface area contributed by atoms with Gasteiger partial charge in [0, 0.05) is 54.6 Å². The van der Waals surface area contributed by atoms with Gasteiger partial charge in [-0.15, -0.1) is 0 Å². The second kappa shape index (κ2) is 8.58. The highest BCUT2D eigenvalue weighted by molar-refractivity contribution is 6.30. The van der Waals surface area contributed by atoms with Crippen molar-refractivity contribution in [2.75, 3.05) is 44.2 Å². The Morgan fingerprint density at radius 2 is 1.50 bits per heavy atom. The van der Waals surface area contributed by atoms with Crippen LogP contribution in [0.25, 0.3) is 0 Å². The van der Waals surface area contributed by atoms with Crippen LogP contribution >= 0.6 is 11.6 Å². The molecule has 0 aromatic heterocycles. The molecular weight excluding hydrogens is 402 g/mol. The van der Waals surface area contributed by atoms with Crippen molar-refractivity contribution >= 4 is 34.8 Å². The molecule has 2 saturated heterocycles. The topological polar surface area (TPSA) is 60.9 Å². The number of anilines is 1. The molecular formula is C23H24ClN3O3. The molecule has 0 N–H and O–H groups in total. The van der Waals surface area contributed by atoms with Crippen LogP contribution in [-0.4, -0.2) is 72.6 Å². The van der Waals surface area contributed by atoms with Crippen LogP contribution in [0.3, 0.4) is 0 Å². The smallest absolute Gasteiger partial charge is 0.254 e. The van der Waals surface area contributed by atoms with Crippen LogP contribution in [0.15, 0.2) is 48.5 Å². The average molecular weight is 426 g/mol. The summed E-state index contributed by atoms with van der Waals surface area (Å²) in [5.74, 6) is 0.0205. The maximum atomic E-state index is 12.7. The van der Waals surface area contributed by atoms with Gasteiger partial charge in [-0.05, 0) is 55.5 Å². The van der Waals surface area contributed by atoms with Crippen molar-refractivity contribution in [2.24, 2.45) is 0 Å². The van der Waals surface area contributed by atoms with E-state index in [1.165, 1.54) is 0 Å². The van der Waals surface area contributed by atoms with E-state index < -0.39 is 0 Å². The van der Waals surface area contributed by atoms with Crippen molar-refractivity contribution < 1.29 is 14.4 Å². The third kappa shape index (κ3) is 4.25. The molecule has 2 heterocycles. The van der Waals surface area contributed by atoms with Crippen LogP contribution in [0, 0.1) is 0 Å². The van der Waals surface area contributed by atoms with Gasteiger partial charge in [-0.1, -0.05) is 11.6 Å².